The standard InChI is InChI=1S/C18H16N2O2S/c1-14-7-9-16(10-8-14)23(21,22)20-12-4-11-19-17-6-3-2-5-15(17)13-18(19)20/h2-11,13H,12H2,1H3. The average Bonchev–Trinajstić information content (AvgIpc) is 2.93. The second-order valence-corrected chi connectivity index (χ2v) is 7.53. The van der Waals surface area contributed by atoms with Crippen molar-refractivity contribution in [3.05, 3.63) is 66.2 Å². The van der Waals surface area contributed by atoms with E-state index in [0.29, 0.717) is 17.3 Å². The number of aryl methyl sites for hydroxylation is 1. The molecule has 116 valence electrons. The minimum atomic E-state index is -3.58. The van der Waals surface area contributed by atoms with Gasteiger partial charge in [-0.25, -0.2) is 12.7 Å². The van der Waals surface area contributed by atoms with Crippen molar-refractivity contribution in [3.63, 3.8) is 0 Å². The van der Waals surface area contributed by atoms with Crippen molar-refractivity contribution in [1.82, 2.24) is 4.57 Å². The molecule has 0 bridgehead atoms. The Bertz CT molecular complexity index is 1010. The van der Waals surface area contributed by atoms with Gasteiger partial charge < -0.3 is 4.57 Å². The lowest BCUT2D eigenvalue weighted by atomic mass is 10.2. The van der Waals surface area contributed by atoms with Gasteiger partial charge in [0.1, 0.15) is 5.82 Å². The quantitative estimate of drug-likeness (QED) is 0.722. The van der Waals surface area contributed by atoms with E-state index in [4.69, 9.17) is 0 Å². The smallest absolute Gasteiger partial charge is 0.265 e. The lowest BCUT2D eigenvalue weighted by molar-refractivity contribution is 0.592. The van der Waals surface area contributed by atoms with Crippen LogP contribution in [0.1, 0.15) is 5.56 Å². The van der Waals surface area contributed by atoms with Crippen molar-refractivity contribution < 1.29 is 8.42 Å². The predicted molar refractivity (Wildman–Crippen MR) is 93.0 cm³/mol. The van der Waals surface area contributed by atoms with Gasteiger partial charge >= 0.3 is 0 Å². The number of hydrogen-bond donors (Lipinski definition) is 0. The second-order valence-electron chi connectivity index (χ2n) is 5.67. The first kappa shape index (κ1) is 14.1. The van der Waals surface area contributed by atoms with Crippen molar-refractivity contribution in [2.45, 2.75) is 11.8 Å². The third-order valence-corrected chi connectivity index (χ3v) is 5.90. The van der Waals surface area contributed by atoms with Crippen LogP contribution in [0.25, 0.3) is 17.1 Å². The largest absolute Gasteiger partial charge is 0.302 e. The van der Waals surface area contributed by atoms with E-state index in [1.54, 1.807) is 12.1 Å². The van der Waals surface area contributed by atoms with Crippen molar-refractivity contribution in [3.8, 4) is 0 Å². The zero-order chi connectivity index (χ0) is 16.0. The van der Waals surface area contributed by atoms with E-state index in [-0.39, 0.29) is 0 Å². The third-order valence-electron chi connectivity index (χ3n) is 4.12. The molecule has 5 heteroatoms. The van der Waals surface area contributed by atoms with Crippen LogP contribution in [0, 0.1) is 6.92 Å². The molecule has 1 aromatic heterocycles. The lowest BCUT2D eigenvalue weighted by Gasteiger charge is -2.26. The molecule has 0 fully saturated rings. The van der Waals surface area contributed by atoms with Gasteiger partial charge in [-0.05, 0) is 37.3 Å². The zero-order valence-electron chi connectivity index (χ0n) is 12.7. The summed E-state index contributed by atoms with van der Waals surface area (Å²) in [5, 5.41) is 1.03. The fraction of sp³-hybridized carbons (Fsp3) is 0.111. The molecule has 0 unspecified atom stereocenters. The van der Waals surface area contributed by atoms with Crippen LogP contribution in [-0.4, -0.2) is 19.5 Å². The molecule has 4 rings (SSSR count). The van der Waals surface area contributed by atoms with Gasteiger partial charge in [0.05, 0.1) is 17.0 Å². The van der Waals surface area contributed by atoms with Crippen LogP contribution < -0.4 is 4.31 Å². The topological polar surface area (TPSA) is 42.3 Å². The summed E-state index contributed by atoms with van der Waals surface area (Å²) < 4.78 is 29.4. The summed E-state index contributed by atoms with van der Waals surface area (Å²) >= 11 is 0. The number of benzene rings is 2. The van der Waals surface area contributed by atoms with E-state index < -0.39 is 10.0 Å². The van der Waals surface area contributed by atoms with Gasteiger partial charge in [0, 0.05) is 11.6 Å². The Kier molecular flexibility index (Phi) is 3.06. The first-order valence-electron chi connectivity index (χ1n) is 7.43. The SMILES string of the molecule is Cc1ccc(S(=O)(=O)N2CC=Cn3c2cc2ccccc23)cc1. The molecule has 0 atom stereocenters. The van der Waals surface area contributed by atoms with E-state index in [2.05, 4.69) is 0 Å². The fourth-order valence-corrected chi connectivity index (χ4v) is 4.31. The number of para-hydroxylation sites is 1. The summed E-state index contributed by atoms with van der Waals surface area (Å²) in [6.07, 6.45) is 3.80. The van der Waals surface area contributed by atoms with Crippen LogP contribution in [0.3, 0.4) is 0 Å². The molecule has 0 aliphatic carbocycles. The number of fused-ring (bicyclic) bond motifs is 3. The van der Waals surface area contributed by atoms with Crippen LogP contribution in [0.15, 0.2) is 65.6 Å². The molecule has 3 aromatic rings. The molecule has 0 spiro atoms. The van der Waals surface area contributed by atoms with Gasteiger partial charge in [0.25, 0.3) is 10.0 Å². The van der Waals surface area contributed by atoms with Crippen molar-refractivity contribution in [2.75, 3.05) is 10.8 Å². The van der Waals surface area contributed by atoms with Gasteiger partial charge in [0.2, 0.25) is 0 Å². The molecule has 2 aromatic carbocycles. The second kappa shape index (κ2) is 4.99. The summed E-state index contributed by atoms with van der Waals surface area (Å²) in [5.74, 6) is 0.675. The van der Waals surface area contributed by atoms with Crippen LogP contribution in [0.4, 0.5) is 5.82 Å². The molecule has 0 saturated heterocycles. The average molecular weight is 324 g/mol. The van der Waals surface area contributed by atoms with E-state index in [1.807, 2.05) is 66.2 Å². The first-order valence-corrected chi connectivity index (χ1v) is 8.87. The highest BCUT2D eigenvalue weighted by atomic mass is 32.2. The number of anilines is 1. The first-order chi connectivity index (χ1) is 11.1. The Morgan fingerprint density at radius 3 is 2.52 bits per heavy atom. The molecule has 4 nitrogen and oxygen atoms in total. The maximum Gasteiger partial charge on any atom is 0.265 e. The molecule has 1 aliphatic heterocycles. The Labute approximate surface area is 135 Å². The van der Waals surface area contributed by atoms with E-state index in [0.717, 1.165) is 16.5 Å². The number of rotatable bonds is 2. The molecule has 0 amide bonds. The summed E-state index contributed by atoms with van der Waals surface area (Å²) in [7, 11) is -3.58. The summed E-state index contributed by atoms with van der Waals surface area (Å²) in [5.41, 5.74) is 2.04. The monoisotopic (exact) mass is 324 g/mol. The van der Waals surface area contributed by atoms with Crippen LogP contribution >= 0.6 is 0 Å². The number of aromatic nitrogens is 1. The van der Waals surface area contributed by atoms with Gasteiger partial charge in [-0.1, -0.05) is 35.9 Å². The minimum Gasteiger partial charge on any atom is -0.302 e. The normalized spacial score (nSPS) is 14.2. The van der Waals surface area contributed by atoms with Crippen LogP contribution in [0.2, 0.25) is 0 Å². The molecular formula is C18H16N2O2S. The number of nitrogens with zero attached hydrogens (tertiary/aromatic N) is 2. The number of sulfonamides is 1. The molecule has 2 heterocycles. The summed E-state index contributed by atoms with van der Waals surface area (Å²) in [6.45, 7) is 2.28. The van der Waals surface area contributed by atoms with Crippen molar-refractivity contribution in [1.29, 1.82) is 0 Å². The highest BCUT2D eigenvalue weighted by molar-refractivity contribution is 7.92. The Morgan fingerprint density at radius 2 is 1.74 bits per heavy atom. The highest BCUT2D eigenvalue weighted by Gasteiger charge is 2.28. The highest BCUT2D eigenvalue weighted by Crippen LogP contribution is 2.32. The third kappa shape index (κ3) is 2.16. The van der Waals surface area contributed by atoms with Crippen LogP contribution in [-0.2, 0) is 10.0 Å². The molecular weight excluding hydrogens is 308 g/mol. The maximum absolute atomic E-state index is 13.0. The number of hydrogen-bond acceptors (Lipinski definition) is 2. The Balaban J connectivity index is 1.88. The fourth-order valence-electron chi connectivity index (χ4n) is 2.91. The minimum absolute atomic E-state index is 0.315. The summed E-state index contributed by atoms with van der Waals surface area (Å²) in [4.78, 5) is 0.315. The predicted octanol–water partition coefficient (Wildman–Crippen LogP) is 3.63. The molecule has 0 saturated carbocycles. The van der Waals surface area contributed by atoms with Gasteiger partial charge in [-0.15, -0.1) is 0 Å². The Hall–Kier alpha value is -2.53. The van der Waals surface area contributed by atoms with E-state index in [9.17, 15) is 8.42 Å². The van der Waals surface area contributed by atoms with E-state index in [1.165, 1.54) is 4.31 Å². The zero-order valence-corrected chi connectivity index (χ0v) is 13.5. The van der Waals surface area contributed by atoms with Crippen molar-refractivity contribution >= 4 is 32.9 Å². The van der Waals surface area contributed by atoms with Gasteiger partial charge in [-0.3, -0.25) is 0 Å². The molecule has 0 N–H and O–H groups in total. The Morgan fingerprint density at radius 1 is 1.00 bits per heavy atom. The summed E-state index contributed by atoms with van der Waals surface area (Å²) in [6, 6.07) is 16.8. The van der Waals surface area contributed by atoms with E-state index >= 15 is 0 Å². The maximum atomic E-state index is 13.0. The molecule has 1 aliphatic rings. The van der Waals surface area contributed by atoms with Gasteiger partial charge in [0.15, 0.2) is 0 Å². The van der Waals surface area contributed by atoms with Crippen LogP contribution in [0.5, 0.6) is 0 Å². The molecule has 0 radical (unpaired) electrons. The van der Waals surface area contributed by atoms with Crippen molar-refractivity contribution in [2.24, 2.45) is 0 Å². The lowest BCUT2D eigenvalue weighted by Crippen LogP contribution is -2.34. The molecule has 23 heavy (non-hydrogen) atoms. The van der Waals surface area contributed by atoms with Gasteiger partial charge in [-0.2, -0.15) is 0 Å².